The number of rotatable bonds is 5. The lowest BCUT2D eigenvalue weighted by Crippen LogP contribution is -2.34. The molecular formula is C15H21NO3. The summed E-state index contributed by atoms with van der Waals surface area (Å²) in [5.41, 5.74) is 2.04. The van der Waals surface area contributed by atoms with Crippen molar-refractivity contribution in [1.82, 2.24) is 5.32 Å². The maximum Gasteiger partial charge on any atom is 0.310 e. The highest BCUT2D eigenvalue weighted by Crippen LogP contribution is 2.16. The largest absolute Gasteiger partial charge is 0.481 e. The van der Waals surface area contributed by atoms with Crippen LogP contribution in [-0.2, 0) is 16.1 Å². The predicted molar refractivity (Wildman–Crippen MR) is 73.2 cm³/mol. The van der Waals surface area contributed by atoms with Crippen LogP contribution in [0.5, 0.6) is 0 Å². The first kappa shape index (κ1) is 14.0. The predicted octanol–water partition coefficient (Wildman–Crippen LogP) is 2.14. The second kappa shape index (κ2) is 6.68. The minimum Gasteiger partial charge on any atom is -0.481 e. The number of aliphatic carboxylic acids is 1. The standard InChI is InChI=1S/C15H21NO3/c1-11(15(17)18)13-4-2-12(3-5-13)10-16-14-6-8-19-9-7-14/h2-5,11,14,16H,6-10H2,1H3,(H,17,18). The first-order chi connectivity index (χ1) is 9.16. The Morgan fingerprint density at radius 1 is 1.37 bits per heavy atom. The molecule has 1 aromatic carbocycles. The van der Waals surface area contributed by atoms with Crippen molar-refractivity contribution in [3.63, 3.8) is 0 Å². The summed E-state index contributed by atoms with van der Waals surface area (Å²) in [7, 11) is 0. The molecule has 1 aromatic rings. The number of hydrogen-bond acceptors (Lipinski definition) is 3. The van der Waals surface area contributed by atoms with Crippen molar-refractivity contribution in [2.75, 3.05) is 13.2 Å². The fraction of sp³-hybridized carbons (Fsp3) is 0.533. The average Bonchev–Trinajstić information content (AvgIpc) is 2.46. The zero-order valence-electron chi connectivity index (χ0n) is 11.3. The van der Waals surface area contributed by atoms with Crippen molar-refractivity contribution >= 4 is 5.97 Å². The van der Waals surface area contributed by atoms with Crippen molar-refractivity contribution in [2.24, 2.45) is 0 Å². The maximum absolute atomic E-state index is 10.9. The van der Waals surface area contributed by atoms with E-state index in [0.717, 1.165) is 38.2 Å². The van der Waals surface area contributed by atoms with Gasteiger partial charge in [-0.15, -0.1) is 0 Å². The van der Waals surface area contributed by atoms with Crippen molar-refractivity contribution in [1.29, 1.82) is 0 Å². The summed E-state index contributed by atoms with van der Waals surface area (Å²) in [6.45, 7) is 4.21. The van der Waals surface area contributed by atoms with E-state index < -0.39 is 11.9 Å². The third kappa shape index (κ3) is 4.04. The van der Waals surface area contributed by atoms with Gasteiger partial charge in [-0.25, -0.2) is 0 Å². The lowest BCUT2D eigenvalue weighted by molar-refractivity contribution is -0.138. The highest BCUT2D eigenvalue weighted by Gasteiger charge is 2.14. The number of benzene rings is 1. The van der Waals surface area contributed by atoms with Crippen LogP contribution >= 0.6 is 0 Å². The number of ether oxygens (including phenoxy) is 1. The Kier molecular flexibility index (Phi) is 4.93. The van der Waals surface area contributed by atoms with Gasteiger partial charge in [0.25, 0.3) is 0 Å². The third-order valence-corrected chi connectivity index (χ3v) is 3.67. The Labute approximate surface area is 113 Å². The van der Waals surface area contributed by atoms with Gasteiger partial charge in [0.05, 0.1) is 5.92 Å². The van der Waals surface area contributed by atoms with Gasteiger partial charge < -0.3 is 15.2 Å². The molecule has 1 aliphatic rings. The molecular weight excluding hydrogens is 242 g/mol. The molecule has 0 aromatic heterocycles. The molecule has 2 rings (SSSR count). The molecule has 1 fully saturated rings. The second-order valence-electron chi connectivity index (χ2n) is 5.07. The fourth-order valence-corrected chi connectivity index (χ4v) is 2.23. The minimum atomic E-state index is -0.784. The van der Waals surface area contributed by atoms with Crippen LogP contribution in [0.1, 0.15) is 36.8 Å². The number of carboxylic acids is 1. The maximum atomic E-state index is 10.9. The summed E-state index contributed by atoms with van der Waals surface area (Å²) in [6, 6.07) is 8.34. The van der Waals surface area contributed by atoms with Crippen molar-refractivity contribution in [3.8, 4) is 0 Å². The monoisotopic (exact) mass is 263 g/mol. The highest BCUT2D eigenvalue weighted by molar-refractivity contribution is 5.75. The van der Waals surface area contributed by atoms with E-state index in [1.54, 1.807) is 6.92 Å². The third-order valence-electron chi connectivity index (χ3n) is 3.67. The van der Waals surface area contributed by atoms with Crippen LogP contribution in [0.4, 0.5) is 0 Å². The molecule has 104 valence electrons. The zero-order chi connectivity index (χ0) is 13.7. The van der Waals surface area contributed by atoms with Crippen molar-refractivity contribution < 1.29 is 14.6 Å². The number of carboxylic acid groups (broad SMARTS) is 1. The van der Waals surface area contributed by atoms with Gasteiger partial charge in [-0.05, 0) is 30.9 Å². The molecule has 1 atom stereocenters. The van der Waals surface area contributed by atoms with E-state index in [9.17, 15) is 4.79 Å². The van der Waals surface area contributed by atoms with E-state index in [0.29, 0.717) is 6.04 Å². The van der Waals surface area contributed by atoms with E-state index in [1.165, 1.54) is 5.56 Å². The lowest BCUT2D eigenvalue weighted by Gasteiger charge is -2.23. The summed E-state index contributed by atoms with van der Waals surface area (Å²) < 4.78 is 5.32. The van der Waals surface area contributed by atoms with E-state index >= 15 is 0 Å². The van der Waals surface area contributed by atoms with Gasteiger partial charge in [0.1, 0.15) is 0 Å². The molecule has 0 bridgehead atoms. The number of carbonyl (C=O) groups is 1. The molecule has 19 heavy (non-hydrogen) atoms. The van der Waals surface area contributed by atoms with E-state index in [4.69, 9.17) is 9.84 Å². The molecule has 0 spiro atoms. The van der Waals surface area contributed by atoms with Crippen molar-refractivity contribution in [3.05, 3.63) is 35.4 Å². The molecule has 0 radical (unpaired) electrons. The molecule has 1 saturated heterocycles. The Morgan fingerprint density at radius 3 is 2.58 bits per heavy atom. The molecule has 1 aliphatic heterocycles. The minimum absolute atomic E-state index is 0.447. The highest BCUT2D eigenvalue weighted by atomic mass is 16.5. The van der Waals surface area contributed by atoms with Gasteiger partial charge in [0, 0.05) is 25.8 Å². The van der Waals surface area contributed by atoms with E-state index in [1.807, 2.05) is 24.3 Å². The van der Waals surface area contributed by atoms with E-state index in [2.05, 4.69) is 5.32 Å². The SMILES string of the molecule is CC(C(=O)O)c1ccc(CNC2CCOCC2)cc1. The Hall–Kier alpha value is -1.39. The van der Waals surface area contributed by atoms with Crippen LogP contribution in [0.15, 0.2) is 24.3 Å². The lowest BCUT2D eigenvalue weighted by atomic mass is 10.00. The van der Waals surface area contributed by atoms with Gasteiger partial charge in [-0.2, -0.15) is 0 Å². The molecule has 4 heteroatoms. The molecule has 1 unspecified atom stereocenters. The van der Waals surface area contributed by atoms with Gasteiger partial charge in [0.15, 0.2) is 0 Å². The smallest absolute Gasteiger partial charge is 0.310 e. The molecule has 0 saturated carbocycles. The van der Waals surface area contributed by atoms with Crippen LogP contribution < -0.4 is 5.32 Å². The Balaban J connectivity index is 1.86. The summed E-state index contributed by atoms with van der Waals surface area (Å²) in [5.74, 6) is -1.23. The number of hydrogen-bond donors (Lipinski definition) is 2. The van der Waals surface area contributed by atoms with Crippen LogP contribution in [0.3, 0.4) is 0 Å². The summed E-state index contributed by atoms with van der Waals surface area (Å²) in [4.78, 5) is 10.9. The molecule has 2 N–H and O–H groups in total. The summed E-state index contributed by atoms with van der Waals surface area (Å²) >= 11 is 0. The fourth-order valence-electron chi connectivity index (χ4n) is 2.23. The van der Waals surface area contributed by atoms with Crippen LogP contribution in [0.2, 0.25) is 0 Å². The van der Waals surface area contributed by atoms with E-state index in [-0.39, 0.29) is 0 Å². The molecule has 1 heterocycles. The normalized spacial score (nSPS) is 18.2. The molecule has 0 amide bonds. The van der Waals surface area contributed by atoms with Gasteiger partial charge in [0.2, 0.25) is 0 Å². The Bertz CT molecular complexity index is 410. The number of nitrogens with one attached hydrogen (secondary N) is 1. The van der Waals surface area contributed by atoms with Crippen molar-refractivity contribution in [2.45, 2.75) is 38.3 Å². The zero-order valence-corrected chi connectivity index (χ0v) is 11.3. The van der Waals surface area contributed by atoms with Gasteiger partial charge in [-0.3, -0.25) is 4.79 Å². The molecule has 4 nitrogen and oxygen atoms in total. The Morgan fingerprint density at radius 2 is 2.00 bits per heavy atom. The average molecular weight is 263 g/mol. The first-order valence-electron chi connectivity index (χ1n) is 6.79. The van der Waals surface area contributed by atoms with Gasteiger partial charge in [-0.1, -0.05) is 24.3 Å². The van der Waals surface area contributed by atoms with Gasteiger partial charge >= 0.3 is 5.97 Å². The first-order valence-corrected chi connectivity index (χ1v) is 6.79. The summed E-state index contributed by atoms with van der Waals surface area (Å²) in [6.07, 6.45) is 2.13. The van der Waals surface area contributed by atoms with Crippen LogP contribution in [0.25, 0.3) is 0 Å². The second-order valence-corrected chi connectivity index (χ2v) is 5.07. The molecule has 0 aliphatic carbocycles. The van der Waals surface area contributed by atoms with Crippen LogP contribution in [0, 0.1) is 0 Å². The summed E-state index contributed by atoms with van der Waals surface area (Å²) in [5, 5.41) is 12.5. The quantitative estimate of drug-likeness (QED) is 0.854. The topological polar surface area (TPSA) is 58.6 Å². The van der Waals surface area contributed by atoms with Crippen LogP contribution in [-0.4, -0.2) is 30.3 Å².